The number of amides is 1. The van der Waals surface area contributed by atoms with E-state index in [1.165, 1.54) is 5.32 Å². The Balaban J connectivity index is 3.10. The van der Waals surface area contributed by atoms with Crippen LogP contribution >= 0.6 is 0 Å². The standard InChI is InChI=1S/C10H8F6N2O/c11-9(12,13)7-3-6(2-1-5(7)4-17)18-8(19)10(14,15)16/h1-3H,4,17H2,(H,18,19). The third kappa shape index (κ3) is 3.85. The third-order valence-electron chi connectivity index (χ3n) is 2.15. The summed E-state index contributed by atoms with van der Waals surface area (Å²) in [6, 6.07) is 2.24. The highest BCUT2D eigenvalue weighted by molar-refractivity contribution is 5.95. The van der Waals surface area contributed by atoms with Gasteiger partial charge in [-0.15, -0.1) is 0 Å². The van der Waals surface area contributed by atoms with Gasteiger partial charge < -0.3 is 11.1 Å². The molecule has 0 fully saturated rings. The quantitative estimate of drug-likeness (QED) is 0.821. The Hall–Kier alpha value is -1.77. The Morgan fingerprint density at radius 3 is 2.16 bits per heavy atom. The van der Waals surface area contributed by atoms with E-state index in [1.54, 1.807) is 0 Å². The van der Waals surface area contributed by atoms with E-state index < -0.39 is 36.1 Å². The van der Waals surface area contributed by atoms with Crippen LogP contribution in [-0.2, 0) is 17.5 Å². The summed E-state index contributed by atoms with van der Waals surface area (Å²) in [5.41, 5.74) is 3.03. The van der Waals surface area contributed by atoms with Crippen molar-refractivity contribution in [1.29, 1.82) is 0 Å². The molecule has 0 unspecified atom stereocenters. The Morgan fingerprint density at radius 2 is 1.74 bits per heavy atom. The van der Waals surface area contributed by atoms with Crippen molar-refractivity contribution in [2.75, 3.05) is 5.32 Å². The first kappa shape index (κ1) is 15.3. The highest BCUT2D eigenvalue weighted by atomic mass is 19.4. The molecule has 0 aliphatic carbocycles. The molecular formula is C10H8F6N2O. The number of nitrogens with two attached hydrogens (primary N) is 1. The van der Waals surface area contributed by atoms with Gasteiger partial charge in [-0.05, 0) is 17.7 Å². The summed E-state index contributed by atoms with van der Waals surface area (Å²) in [6.45, 7) is -0.428. The van der Waals surface area contributed by atoms with E-state index in [9.17, 15) is 31.1 Å². The van der Waals surface area contributed by atoms with E-state index in [0.29, 0.717) is 6.07 Å². The Kier molecular flexibility index (Phi) is 4.09. The van der Waals surface area contributed by atoms with Crippen LogP contribution in [0.5, 0.6) is 0 Å². The summed E-state index contributed by atoms with van der Waals surface area (Å²) in [4.78, 5) is 10.6. The Morgan fingerprint density at radius 1 is 1.16 bits per heavy atom. The van der Waals surface area contributed by atoms with Crippen molar-refractivity contribution in [1.82, 2.24) is 0 Å². The maximum Gasteiger partial charge on any atom is 0.471 e. The van der Waals surface area contributed by atoms with Gasteiger partial charge >= 0.3 is 18.3 Å². The number of alkyl halides is 6. The molecule has 0 bridgehead atoms. The van der Waals surface area contributed by atoms with E-state index >= 15 is 0 Å². The fraction of sp³-hybridized carbons (Fsp3) is 0.300. The molecule has 0 radical (unpaired) electrons. The zero-order valence-electron chi connectivity index (χ0n) is 9.19. The smallest absolute Gasteiger partial charge is 0.326 e. The second-order valence-corrected chi connectivity index (χ2v) is 3.53. The second kappa shape index (κ2) is 5.08. The lowest BCUT2D eigenvalue weighted by Gasteiger charge is -2.14. The van der Waals surface area contributed by atoms with Crippen LogP contribution in [0.25, 0.3) is 0 Å². The number of hydrogen-bond donors (Lipinski definition) is 2. The summed E-state index contributed by atoms with van der Waals surface area (Å²) >= 11 is 0. The molecular weight excluding hydrogens is 278 g/mol. The van der Waals surface area contributed by atoms with Crippen LogP contribution in [0.15, 0.2) is 18.2 Å². The molecule has 0 heterocycles. The topological polar surface area (TPSA) is 55.1 Å². The predicted molar refractivity (Wildman–Crippen MR) is 54.0 cm³/mol. The summed E-state index contributed by atoms with van der Waals surface area (Å²) < 4.78 is 73.7. The first-order valence-corrected chi connectivity index (χ1v) is 4.84. The Labute approximate surface area is 103 Å². The molecule has 9 heteroatoms. The lowest BCUT2D eigenvalue weighted by molar-refractivity contribution is -0.167. The van der Waals surface area contributed by atoms with Gasteiger partial charge in [0.1, 0.15) is 0 Å². The van der Waals surface area contributed by atoms with Crippen LogP contribution in [0.1, 0.15) is 11.1 Å². The van der Waals surface area contributed by atoms with Crippen molar-refractivity contribution in [2.45, 2.75) is 18.9 Å². The number of benzene rings is 1. The summed E-state index contributed by atoms with van der Waals surface area (Å²) in [7, 11) is 0. The average Bonchev–Trinajstić information content (AvgIpc) is 2.26. The van der Waals surface area contributed by atoms with Crippen LogP contribution in [0.3, 0.4) is 0 Å². The number of halogens is 6. The number of hydrogen-bond acceptors (Lipinski definition) is 2. The SMILES string of the molecule is NCc1ccc(NC(=O)C(F)(F)F)cc1C(F)(F)F. The lowest BCUT2D eigenvalue weighted by atomic mass is 10.1. The van der Waals surface area contributed by atoms with E-state index in [-0.39, 0.29) is 5.56 Å². The number of nitrogens with one attached hydrogen (secondary N) is 1. The summed E-state index contributed by atoms with van der Waals surface area (Å²) in [5, 5.41) is 1.34. The monoisotopic (exact) mass is 286 g/mol. The lowest BCUT2D eigenvalue weighted by Crippen LogP contribution is -2.30. The molecule has 1 amide bonds. The van der Waals surface area contributed by atoms with Crippen molar-refractivity contribution in [3.8, 4) is 0 Å². The van der Waals surface area contributed by atoms with Gasteiger partial charge in [-0.1, -0.05) is 6.07 Å². The normalized spacial score (nSPS) is 12.4. The van der Waals surface area contributed by atoms with Crippen molar-refractivity contribution in [3.05, 3.63) is 29.3 Å². The molecule has 0 atom stereocenters. The van der Waals surface area contributed by atoms with Gasteiger partial charge in [0.05, 0.1) is 5.56 Å². The van der Waals surface area contributed by atoms with Crippen LogP contribution in [0, 0.1) is 0 Å². The van der Waals surface area contributed by atoms with E-state index in [4.69, 9.17) is 5.73 Å². The molecule has 0 aliphatic heterocycles. The minimum atomic E-state index is -5.18. The number of carbonyl (C=O) groups is 1. The number of anilines is 1. The maximum atomic E-state index is 12.6. The molecule has 0 spiro atoms. The summed E-state index contributed by atoms with van der Waals surface area (Å²) in [6.07, 6.45) is -9.95. The van der Waals surface area contributed by atoms with E-state index in [2.05, 4.69) is 0 Å². The summed E-state index contributed by atoms with van der Waals surface area (Å²) in [5.74, 6) is -2.35. The van der Waals surface area contributed by atoms with Crippen LogP contribution in [-0.4, -0.2) is 12.1 Å². The van der Waals surface area contributed by atoms with Gasteiger partial charge in [0.2, 0.25) is 0 Å². The first-order chi connectivity index (χ1) is 8.55. The van der Waals surface area contributed by atoms with Crippen LogP contribution in [0.2, 0.25) is 0 Å². The minimum Gasteiger partial charge on any atom is -0.326 e. The zero-order valence-corrected chi connectivity index (χ0v) is 9.19. The van der Waals surface area contributed by atoms with Gasteiger partial charge in [-0.25, -0.2) is 0 Å². The van der Waals surface area contributed by atoms with Crippen molar-refractivity contribution >= 4 is 11.6 Å². The maximum absolute atomic E-state index is 12.6. The molecule has 0 aromatic heterocycles. The van der Waals surface area contributed by atoms with Crippen LogP contribution < -0.4 is 11.1 Å². The molecule has 0 saturated heterocycles. The first-order valence-electron chi connectivity index (χ1n) is 4.84. The second-order valence-electron chi connectivity index (χ2n) is 3.53. The molecule has 19 heavy (non-hydrogen) atoms. The van der Waals surface area contributed by atoms with Gasteiger partial charge in [0, 0.05) is 12.2 Å². The minimum absolute atomic E-state index is 0.280. The number of rotatable bonds is 2. The Bertz CT molecular complexity index is 480. The predicted octanol–water partition coefficient (Wildman–Crippen LogP) is 2.66. The van der Waals surface area contributed by atoms with Crippen LogP contribution in [0.4, 0.5) is 32.0 Å². The fourth-order valence-electron chi connectivity index (χ4n) is 1.30. The van der Waals surface area contributed by atoms with Crippen molar-refractivity contribution in [3.63, 3.8) is 0 Å². The molecule has 106 valence electrons. The largest absolute Gasteiger partial charge is 0.471 e. The third-order valence-corrected chi connectivity index (χ3v) is 2.15. The fourth-order valence-corrected chi connectivity index (χ4v) is 1.30. The molecule has 1 aromatic carbocycles. The molecule has 3 N–H and O–H groups in total. The van der Waals surface area contributed by atoms with Gasteiger partial charge in [0.25, 0.3) is 0 Å². The molecule has 0 saturated carbocycles. The van der Waals surface area contributed by atoms with E-state index in [1.807, 2.05) is 0 Å². The molecule has 0 aliphatic rings. The van der Waals surface area contributed by atoms with Crippen molar-refractivity contribution < 1.29 is 31.1 Å². The zero-order chi connectivity index (χ0) is 14.8. The molecule has 1 aromatic rings. The van der Waals surface area contributed by atoms with Gasteiger partial charge in [-0.2, -0.15) is 26.3 Å². The number of carbonyl (C=O) groups excluding carboxylic acids is 1. The molecule has 3 nitrogen and oxygen atoms in total. The van der Waals surface area contributed by atoms with Gasteiger partial charge in [-0.3, -0.25) is 4.79 Å². The van der Waals surface area contributed by atoms with E-state index in [0.717, 1.165) is 12.1 Å². The highest BCUT2D eigenvalue weighted by Crippen LogP contribution is 2.34. The highest BCUT2D eigenvalue weighted by Gasteiger charge is 2.39. The van der Waals surface area contributed by atoms with Gasteiger partial charge in [0.15, 0.2) is 0 Å². The average molecular weight is 286 g/mol. The van der Waals surface area contributed by atoms with Crippen molar-refractivity contribution in [2.24, 2.45) is 5.73 Å². The molecule has 1 rings (SSSR count).